The second-order valence-electron chi connectivity index (χ2n) is 5.22. The van der Waals surface area contributed by atoms with Gasteiger partial charge in [0.1, 0.15) is 17.0 Å². The summed E-state index contributed by atoms with van der Waals surface area (Å²) >= 11 is 0. The molecule has 20 heavy (non-hydrogen) atoms. The van der Waals surface area contributed by atoms with Crippen LogP contribution in [0, 0.1) is 0 Å². The predicted molar refractivity (Wildman–Crippen MR) is 73.5 cm³/mol. The van der Waals surface area contributed by atoms with Crippen LogP contribution in [0.1, 0.15) is 36.8 Å². The van der Waals surface area contributed by atoms with Gasteiger partial charge in [-0.2, -0.15) is 0 Å². The Labute approximate surface area is 117 Å². The number of carbonyl (C=O) groups excluding carboxylic acids is 1. The van der Waals surface area contributed by atoms with E-state index in [1.807, 2.05) is 0 Å². The smallest absolute Gasteiger partial charge is 0.407 e. The number of ether oxygens (including phenoxy) is 1. The molecule has 0 atom stereocenters. The molecule has 0 aliphatic carbocycles. The zero-order valence-corrected chi connectivity index (χ0v) is 11.8. The number of carboxylic acid groups (broad SMARTS) is 1. The van der Waals surface area contributed by atoms with Gasteiger partial charge in [0.2, 0.25) is 0 Å². The van der Waals surface area contributed by atoms with Crippen molar-refractivity contribution in [2.75, 3.05) is 12.3 Å². The van der Waals surface area contributed by atoms with Gasteiger partial charge in [-0.15, -0.1) is 0 Å². The zero-order chi connectivity index (χ0) is 15.3. The number of amides is 1. The standard InChI is InChI=1S/C13H19N3O4/c1-13(2,3)20-12(19)15-7-6-8-4-5-9(11(17)18)10(14)16-8/h4-5H,6-7H2,1-3H3,(H2,14,16)(H,15,19)(H,17,18). The number of aromatic nitrogens is 1. The third-order valence-corrected chi connectivity index (χ3v) is 2.26. The van der Waals surface area contributed by atoms with Crippen molar-refractivity contribution in [1.82, 2.24) is 10.3 Å². The molecule has 1 heterocycles. The minimum absolute atomic E-state index is 0.0335. The summed E-state index contributed by atoms with van der Waals surface area (Å²) in [4.78, 5) is 26.1. The molecule has 0 radical (unpaired) electrons. The second kappa shape index (κ2) is 6.23. The highest BCUT2D eigenvalue weighted by Gasteiger charge is 2.15. The van der Waals surface area contributed by atoms with Crippen LogP contribution in [0.5, 0.6) is 0 Å². The topological polar surface area (TPSA) is 115 Å². The van der Waals surface area contributed by atoms with Crippen molar-refractivity contribution in [3.63, 3.8) is 0 Å². The highest BCUT2D eigenvalue weighted by molar-refractivity contribution is 5.92. The number of alkyl carbamates (subject to hydrolysis) is 1. The monoisotopic (exact) mass is 281 g/mol. The van der Waals surface area contributed by atoms with E-state index < -0.39 is 17.7 Å². The number of carbonyl (C=O) groups is 2. The average molecular weight is 281 g/mol. The summed E-state index contributed by atoms with van der Waals surface area (Å²) in [6, 6.07) is 2.96. The summed E-state index contributed by atoms with van der Waals surface area (Å²) < 4.78 is 5.08. The summed E-state index contributed by atoms with van der Waals surface area (Å²) in [5, 5.41) is 11.4. The predicted octanol–water partition coefficient (Wildman–Crippen LogP) is 1.43. The van der Waals surface area contributed by atoms with Crippen molar-refractivity contribution in [2.45, 2.75) is 32.8 Å². The SMILES string of the molecule is CC(C)(C)OC(=O)NCCc1ccc(C(=O)O)c(N)n1. The molecular formula is C13H19N3O4. The Morgan fingerprint density at radius 3 is 2.55 bits per heavy atom. The van der Waals surface area contributed by atoms with E-state index in [4.69, 9.17) is 15.6 Å². The average Bonchev–Trinajstić information content (AvgIpc) is 2.25. The van der Waals surface area contributed by atoms with Crippen LogP contribution in [0.2, 0.25) is 0 Å². The highest BCUT2D eigenvalue weighted by Crippen LogP contribution is 2.10. The molecule has 1 aromatic rings. The number of nitrogens with two attached hydrogens (primary N) is 1. The third kappa shape index (κ3) is 5.13. The van der Waals surface area contributed by atoms with Crippen LogP contribution in [0.4, 0.5) is 10.6 Å². The lowest BCUT2D eigenvalue weighted by Gasteiger charge is -2.19. The van der Waals surface area contributed by atoms with E-state index in [2.05, 4.69) is 10.3 Å². The Morgan fingerprint density at radius 1 is 1.40 bits per heavy atom. The van der Waals surface area contributed by atoms with Crippen molar-refractivity contribution >= 4 is 17.9 Å². The molecule has 0 saturated heterocycles. The molecule has 7 heteroatoms. The number of anilines is 1. The second-order valence-corrected chi connectivity index (χ2v) is 5.22. The summed E-state index contributed by atoms with van der Waals surface area (Å²) in [5.74, 6) is -1.15. The first-order chi connectivity index (χ1) is 9.19. The fraction of sp³-hybridized carbons (Fsp3) is 0.462. The first kappa shape index (κ1) is 15.7. The molecule has 1 amide bonds. The number of nitrogens with one attached hydrogen (secondary N) is 1. The summed E-state index contributed by atoms with van der Waals surface area (Å²) in [5.41, 5.74) is 5.55. The van der Waals surface area contributed by atoms with Crippen LogP contribution in [-0.4, -0.2) is 34.3 Å². The van der Waals surface area contributed by atoms with Gasteiger partial charge in [-0.25, -0.2) is 14.6 Å². The van der Waals surface area contributed by atoms with E-state index in [0.29, 0.717) is 18.7 Å². The molecule has 0 aromatic carbocycles. The van der Waals surface area contributed by atoms with Gasteiger partial charge in [-0.1, -0.05) is 0 Å². The number of hydrogen-bond donors (Lipinski definition) is 3. The van der Waals surface area contributed by atoms with Crippen molar-refractivity contribution in [3.05, 3.63) is 23.4 Å². The lowest BCUT2D eigenvalue weighted by atomic mass is 10.2. The number of nitrogen functional groups attached to an aromatic ring is 1. The lowest BCUT2D eigenvalue weighted by molar-refractivity contribution is 0.0528. The van der Waals surface area contributed by atoms with E-state index in [0.717, 1.165) is 0 Å². The van der Waals surface area contributed by atoms with Crippen LogP contribution in [-0.2, 0) is 11.2 Å². The molecule has 7 nitrogen and oxygen atoms in total. The minimum atomic E-state index is -1.12. The van der Waals surface area contributed by atoms with Gasteiger partial charge in [0.05, 0.1) is 0 Å². The molecule has 0 unspecified atom stereocenters. The zero-order valence-electron chi connectivity index (χ0n) is 11.8. The normalized spacial score (nSPS) is 10.9. The van der Waals surface area contributed by atoms with Gasteiger partial charge in [-0.05, 0) is 32.9 Å². The number of aromatic carboxylic acids is 1. The highest BCUT2D eigenvalue weighted by atomic mass is 16.6. The minimum Gasteiger partial charge on any atom is -0.478 e. The molecule has 4 N–H and O–H groups in total. The maximum absolute atomic E-state index is 11.4. The van der Waals surface area contributed by atoms with E-state index in [-0.39, 0.29) is 11.4 Å². The van der Waals surface area contributed by atoms with Crippen LogP contribution >= 0.6 is 0 Å². The summed E-state index contributed by atoms with van der Waals surface area (Å²) in [6.07, 6.45) is -0.0730. The largest absolute Gasteiger partial charge is 0.478 e. The van der Waals surface area contributed by atoms with Gasteiger partial charge in [0.15, 0.2) is 0 Å². The Kier molecular flexibility index (Phi) is 4.90. The maximum Gasteiger partial charge on any atom is 0.407 e. The molecule has 0 aliphatic heterocycles. The van der Waals surface area contributed by atoms with Gasteiger partial charge < -0.3 is 20.9 Å². The first-order valence-electron chi connectivity index (χ1n) is 6.14. The van der Waals surface area contributed by atoms with Crippen LogP contribution in [0.25, 0.3) is 0 Å². The maximum atomic E-state index is 11.4. The van der Waals surface area contributed by atoms with E-state index in [1.54, 1.807) is 26.8 Å². The lowest BCUT2D eigenvalue weighted by Crippen LogP contribution is -2.33. The van der Waals surface area contributed by atoms with E-state index in [9.17, 15) is 9.59 Å². The number of carboxylic acids is 1. The van der Waals surface area contributed by atoms with Crippen molar-refractivity contribution in [2.24, 2.45) is 0 Å². The quantitative estimate of drug-likeness (QED) is 0.769. The Bertz CT molecular complexity index is 509. The first-order valence-corrected chi connectivity index (χ1v) is 6.14. The molecule has 0 saturated carbocycles. The molecule has 1 aromatic heterocycles. The molecule has 0 spiro atoms. The fourth-order valence-corrected chi connectivity index (χ4v) is 1.44. The third-order valence-electron chi connectivity index (χ3n) is 2.26. The van der Waals surface area contributed by atoms with E-state index >= 15 is 0 Å². The van der Waals surface area contributed by atoms with Gasteiger partial charge in [0, 0.05) is 18.7 Å². The Morgan fingerprint density at radius 2 is 2.05 bits per heavy atom. The molecule has 110 valence electrons. The Hall–Kier alpha value is -2.31. The van der Waals surface area contributed by atoms with Crippen molar-refractivity contribution in [3.8, 4) is 0 Å². The van der Waals surface area contributed by atoms with Crippen molar-refractivity contribution < 1.29 is 19.4 Å². The number of rotatable bonds is 4. The molecule has 0 fully saturated rings. The van der Waals surface area contributed by atoms with Crippen molar-refractivity contribution in [1.29, 1.82) is 0 Å². The molecule has 0 aliphatic rings. The van der Waals surface area contributed by atoms with Crippen LogP contribution in [0.15, 0.2) is 12.1 Å². The number of hydrogen-bond acceptors (Lipinski definition) is 5. The summed E-state index contributed by atoms with van der Waals surface area (Å²) in [6.45, 7) is 5.66. The van der Waals surface area contributed by atoms with Crippen LogP contribution in [0.3, 0.4) is 0 Å². The van der Waals surface area contributed by atoms with Gasteiger partial charge in [0.25, 0.3) is 0 Å². The van der Waals surface area contributed by atoms with Gasteiger partial charge in [-0.3, -0.25) is 0 Å². The number of pyridine rings is 1. The van der Waals surface area contributed by atoms with Crippen LogP contribution < -0.4 is 11.1 Å². The molecule has 1 rings (SSSR count). The molecule has 0 bridgehead atoms. The molecular weight excluding hydrogens is 262 g/mol. The van der Waals surface area contributed by atoms with Gasteiger partial charge >= 0.3 is 12.1 Å². The Balaban J connectivity index is 2.49. The van der Waals surface area contributed by atoms with E-state index in [1.165, 1.54) is 6.07 Å². The number of nitrogens with zero attached hydrogens (tertiary/aromatic N) is 1. The summed E-state index contributed by atoms with van der Waals surface area (Å²) in [7, 11) is 0. The fourth-order valence-electron chi connectivity index (χ4n) is 1.44.